The average molecular weight is 496 g/mol. The number of carbonyl (C=O) groups is 1. The van der Waals surface area contributed by atoms with Crippen LogP contribution in [0.1, 0.15) is 18.5 Å². The molecule has 2 N–H and O–H groups in total. The molecule has 0 saturated carbocycles. The molecule has 0 bridgehead atoms. The number of allylic oxidation sites excluding steroid dienone is 1. The molecular weight excluding hydrogens is 472 g/mol. The molecular formula is C26H23F2N3O3S. The molecule has 0 aliphatic carbocycles. The maximum atomic E-state index is 13.6. The average Bonchev–Trinajstić information content (AvgIpc) is 2.84. The molecule has 3 aromatic carbocycles. The minimum absolute atomic E-state index is 0.0430. The van der Waals surface area contributed by atoms with Crippen molar-refractivity contribution >= 4 is 34.6 Å². The SMILES string of the molecule is COc1ccc(N2C(=S)NC(c3ccccc3OC(F)F)C(C(=O)Nc3ccccc3)=C2C)cc1. The van der Waals surface area contributed by atoms with Crippen LogP contribution in [0.4, 0.5) is 20.2 Å². The normalized spacial score (nSPS) is 15.6. The minimum atomic E-state index is -3.02. The maximum Gasteiger partial charge on any atom is 0.387 e. The van der Waals surface area contributed by atoms with E-state index in [1.807, 2.05) is 18.2 Å². The van der Waals surface area contributed by atoms with Crippen molar-refractivity contribution in [3.8, 4) is 11.5 Å². The summed E-state index contributed by atoms with van der Waals surface area (Å²) in [6.45, 7) is -1.25. The lowest BCUT2D eigenvalue weighted by Gasteiger charge is -2.38. The van der Waals surface area contributed by atoms with Gasteiger partial charge in [-0.15, -0.1) is 0 Å². The van der Waals surface area contributed by atoms with E-state index in [2.05, 4.69) is 10.6 Å². The second-order valence-electron chi connectivity index (χ2n) is 7.65. The zero-order valence-electron chi connectivity index (χ0n) is 19.0. The van der Waals surface area contributed by atoms with E-state index in [1.54, 1.807) is 73.5 Å². The molecule has 0 saturated heterocycles. The first kappa shape index (κ1) is 24.2. The number of hydrogen-bond acceptors (Lipinski definition) is 4. The summed E-state index contributed by atoms with van der Waals surface area (Å²) in [5.41, 5.74) is 2.52. The van der Waals surface area contributed by atoms with Gasteiger partial charge in [0.15, 0.2) is 5.11 Å². The summed E-state index contributed by atoms with van der Waals surface area (Å²) < 4.78 is 36.3. The maximum absolute atomic E-state index is 13.6. The van der Waals surface area contributed by atoms with Gasteiger partial charge in [0.25, 0.3) is 5.91 Å². The fourth-order valence-corrected chi connectivity index (χ4v) is 4.32. The van der Waals surface area contributed by atoms with Crippen LogP contribution in [-0.4, -0.2) is 24.7 Å². The van der Waals surface area contributed by atoms with Crippen LogP contribution in [0, 0.1) is 0 Å². The Morgan fingerprint density at radius 3 is 2.34 bits per heavy atom. The fraction of sp³-hybridized carbons (Fsp3) is 0.154. The highest BCUT2D eigenvalue weighted by Crippen LogP contribution is 2.38. The standard InChI is InChI=1S/C26H23F2N3O3S/c1-16-22(24(32)29-17-8-4-3-5-9-17)23(20-10-6-7-11-21(20)34-25(27)28)30-26(35)31(16)18-12-14-19(33-2)15-13-18/h3-15,23,25H,1-2H3,(H,29,32)(H,30,35). The van der Waals surface area contributed by atoms with Gasteiger partial charge in [-0.05, 0) is 61.6 Å². The van der Waals surface area contributed by atoms with Gasteiger partial charge in [0, 0.05) is 22.6 Å². The molecule has 4 rings (SSSR count). The summed E-state index contributed by atoms with van der Waals surface area (Å²) in [5, 5.41) is 6.35. The van der Waals surface area contributed by atoms with Gasteiger partial charge in [-0.2, -0.15) is 8.78 Å². The topological polar surface area (TPSA) is 62.8 Å². The lowest BCUT2D eigenvalue weighted by Crippen LogP contribution is -2.48. The van der Waals surface area contributed by atoms with Gasteiger partial charge < -0.3 is 20.1 Å². The summed E-state index contributed by atoms with van der Waals surface area (Å²) in [4.78, 5) is 15.3. The molecule has 1 unspecified atom stereocenters. The van der Waals surface area contributed by atoms with Crippen LogP contribution in [0.3, 0.4) is 0 Å². The van der Waals surface area contributed by atoms with Crippen LogP contribution in [0.5, 0.6) is 11.5 Å². The minimum Gasteiger partial charge on any atom is -0.497 e. The van der Waals surface area contributed by atoms with Crippen molar-refractivity contribution in [3.63, 3.8) is 0 Å². The number of methoxy groups -OCH3 is 1. The largest absolute Gasteiger partial charge is 0.497 e. The zero-order chi connectivity index (χ0) is 24.9. The Bertz CT molecular complexity index is 1250. The van der Waals surface area contributed by atoms with Crippen LogP contribution in [-0.2, 0) is 4.79 Å². The molecule has 1 aliphatic rings. The summed E-state index contributed by atoms with van der Waals surface area (Å²) in [7, 11) is 1.57. The van der Waals surface area contributed by atoms with E-state index in [9.17, 15) is 13.6 Å². The molecule has 180 valence electrons. The third-order valence-electron chi connectivity index (χ3n) is 5.54. The second-order valence-corrected chi connectivity index (χ2v) is 8.04. The van der Waals surface area contributed by atoms with E-state index in [1.165, 1.54) is 6.07 Å². The Morgan fingerprint density at radius 1 is 1.03 bits per heavy atom. The number of benzene rings is 3. The van der Waals surface area contributed by atoms with Crippen molar-refractivity contribution < 1.29 is 23.0 Å². The lowest BCUT2D eigenvalue weighted by atomic mass is 9.93. The van der Waals surface area contributed by atoms with Crippen LogP contribution >= 0.6 is 12.2 Å². The Kier molecular flexibility index (Phi) is 7.26. The number of hydrogen-bond donors (Lipinski definition) is 2. The number of ether oxygens (including phenoxy) is 2. The number of thiocarbonyl (C=S) groups is 1. The first-order valence-electron chi connectivity index (χ1n) is 10.7. The molecule has 0 spiro atoms. The van der Waals surface area contributed by atoms with Gasteiger partial charge in [-0.1, -0.05) is 36.4 Å². The molecule has 1 amide bonds. The fourth-order valence-electron chi connectivity index (χ4n) is 3.95. The first-order chi connectivity index (χ1) is 16.9. The number of halogens is 2. The number of rotatable bonds is 7. The number of anilines is 2. The molecule has 1 atom stereocenters. The van der Waals surface area contributed by atoms with Gasteiger partial charge in [0.2, 0.25) is 0 Å². The first-order valence-corrected chi connectivity index (χ1v) is 11.2. The number of para-hydroxylation sites is 2. The lowest BCUT2D eigenvalue weighted by molar-refractivity contribution is -0.113. The predicted molar refractivity (Wildman–Crippen MR) is 135 cm³/mol. The van der Waals surface area contributed by atoms with Gasteiger partial charge in [0.1, 0.15) is 11.5 Å². The zero-order valence-corrected chi connectivity index (χ0v) is 19.8. The molecule has 0 fully saturated rings. The highest BCUT2D eigenvalue weighted by atomic mass is 32.1. The van der Waals surface area contributed by atoms with Crippen LogP contribution < -0.4 is 25.0 Å². The molecule has 1 heterocycles. The van der Waals surface area contributed by atoms with Gasteiger partial charge in [-0.25, -0.2) is 0 Å². The van der Waals surface area contributed by atoms with Crippen molar-refractivity contribution in [1.82, 2.24) is 5.32 Å². The predicted octanol–water partition coefficient (Wildman–Crippen LogP) is 5.65. The summed E-state index contributed by atoms with van der Waals surface area (Å²) in [6.07, 6.45) is 0. The Balaban J connectivity index is 1.82. The Labute approximate surface area is 207 Å². The van der Waals surface area contributed by atoms with Crippen molar-refractivity contribution in [2.45, 2.75) is 19.6 Å². The molecule has 6 nitrogen and oxygen atoms in total. The molecule has 1 aliphatic heterocycles. The van der Waals surface area contributed by atoms with Crippen LogP contribution in [0.15, 0.2) is 90.1 Å². The third-order valence-corrected chi connectivity index (χ3v) is 5.84. The van der Waals surface area contributed by atoms with Crippen LogP contribution in [0.2, 0.25) is 0 Å². The van der Waals surface area contributed by atoms with Crippen LogP contribution in [0.25, 0.3) is 0 Å². The molecule has 3 aromatic rings. The summed E-state index contributed by atoms with van der Waals surface area (Å²) in [5.74, 6) is 0.224. The van der Waals surface area contributed by atoms with E-state index in [0.29, 0.717) is 39.1 Å². The smallest absolute Gasteiger partial charge is 0.387 e. The van der Waals surface area contributed by atoms with Crippen molar-refractivity contribution in [1.29, 1.82) is 0 Å². The third kappa shape index (κ3) is 5.25. The molecule has 9 heteroatoms. The van der Waals surface area contributed by atoms with Crippen molar-refractivity contribution in [2.75, 3.05) is 17.3 Å². The number of nitrogens with zero attached hydrogens (tertiary/aromatic N) is 1. The van der Waals surface area contributed by atoms with E-state index >= 15 is 0 Å². The molecule has 0 radical (unpaired) electrons. The quantitative estimate of drug-likeness (QED) is 0.414. The van der Waals surface area contributed by atoms with Gasteiger partial charge >= 0.3 is 6.61 Å². The van der Waals surface area contributed by atoms with Gasteiger partial charge in [-0.3, -0.25) is 9.69 Å². The Hall–Kier alpha value is -3.98. The van der Waals surface area contributed by atoms with E-state index in [4.69, 9.17) is 21.7 Å². The highest BCUT2D eigenvalue weighted by molar-refractivity contribution is 7.80. The summed E-state index contributed by atoms with van der Waals surface area (Å²) in [6, 6.07) is 21.7. The number of alkyl halides is 2. The van der Waals surface area contributed by atoms with Gasteiger partial charge in [0.05, 0.1) is 18.7 Å². The number of carbonyl (C=O) groups excluding carboxylic acids is 1. The second kappa shape index (κ2) is 10.5. The Morgan fingerprint density at radius 2 is 1.69 bits per heavy atom. The molecule has 35 heavy (non-hydrogen) atoms. The summed E-state index contributed by atoms with van der Waals surface area (Å²) >= 11 is 5.65. The van der Waals surface area contributed by atoms with E-state index in [-0.39, 0.29) is 5.75 Å². The van der Waals surface area contributed by atoms with Crippen molar-refractivity contribution in [2.24, 2.45) is 0 Å². The number of amides is 1. The van der Waals surface area contributed by atoms with E-state index < -0.39 is 18.6 Å². The highest BCUT2D eigenvalue weighted by Gasteiger charge is 2.36. The monoisotopic (exact) mass is 495 g/mol. The molecule has 0 aromatic heterocycles. The van der Waals surface area contributed by atoms with Crippen molar-refractivity contribution in [3.05, 3.63) is 95.7 Å². The number of nitrogens with one attached hydrogen (secondary N) is 2. The van der Waals surface area contributed by atoms with E-state index in [0.717, 1.165) is 0 Å².